The van der Waals surface area contributed by atoms with Gasteiger partial charge in [0.1, 0.15) is 6.10 Å². The number of amides is 1. The van der Waals surface area contributed by atoms with E-state index in [2.05, 4.69) is 19.2 Å². The molecule has 0 aromatic rings. The van der Waals surface area contributed by atoms with Gasteiger partial charge in [-0.2, -0.15) is 8.42 Å². The highest BCUT2D eigenvalue weighted by atomic mass is 32.2. The van der Waals surface area contributed by atoms with Crippen LogP contribution in [0.4, 0.5) is 0 Å². The zero-order valence-corrected chi connectivity index (χ0v) is 36.1. The van der Waals surface area contributed by atoms with Crippen molar-refractivity contribution in [2.75, 3.05) is 5.75 Å². The van der Waals surface area contributed by atoms with Crippen molar-refractivity contribution in [1.82, 2.24) is 5.32 Å². The number of aliphatic hydroxyl groups excluding tert-OH is 2. The minimum Gasteiger partial charge on any atom is -0.391 e. The summed E-state index contributed by atoms with van der Waals surface area (Å²) < 4.78 is 32.7. The molecule has 0 heterocycles. The van der Waals surface area contributed by atoms with E-state index < -0.39 is 40.0 Å². The van der Waals surface area contributed by atoms with Crippen molar-refractivity contribution in [3.8, 4) is 0 Å². The lowest BCUT2D eigenvalue weighted by Crippen LogP contribution is -2.50. The van der Waals surface area contributed by atoms with E-state index in [0.717, 1.165) is 44.9 Å². The van der Waals surface area contributed by atoms with E-state index >= 15 is 0 Å². The van der Waals surface area contributed by atoms with E-state index in [1.165, 1.54) is 186 Å². The molecule has 53 heavy (non-hydrogen) atoms. The quantitative estimate of drug-likeness (QED) is 0.0361. The molecule has 0 bridgehead atoms. The first-order chi connectivity index (χ1) is 25.7. The Kier molecular flexibility index (Phi) is 39.0. The van der Waals surface area contributed by atoms with Crippen LogP contribution in [-0.2, 0) is 14.9 Å². The second kappa shape index (κ2) is 39.5. The molecule has 0 fully saturated rings. The van der Waals surface area contributed by atoms with Crippen LogP contribution in [-0.4, -0.2) is 53.1 Å². The van der Waals surface area contributed by atoms with Crippen molar-refractivity contribution in [1.29, 1.82) is 0 Å². The minimum atomic E-state index is -4.40. The molecule has 0 spiro atoms. The van der Waals surface area contributed by atoms with Gasteiger partial charge in [0.2, 0.25) is 5.91 Å². The third-order valence-electron chi connectivity index (χ3n) is 11.2. The second-order valence-corrected chi connectivity index (χ2v) is 18.0. The molecule has 0 aromatic carbocycles. The van der Waals surface area contributed by atoms with E-state index in [1.807, 2.05) is 0 Å². The van der Waals surface area contributed by atoms with Gasteiger partial charge in [0.05, 0.1) is 17.9 Å². The summed E-state index contributed by atoms with van der Waals surface area (Å²) in [7, 11) is -4.40. The number of rotatable bonds is 43. The molecule has 0 saturated carbocycles. The van der Waals surface area contributed by atoms with Crippen molar-refractivity contribution >= 4 is 16.0 Å². The lowest BCUT2D eigenvalue weighted by Gasteiger charge is -2.24. The summed E-state index contributed by atoms with van der Waals surface area (Å²) in [4.78, 5) is 12.6. The van der Waals surface area contributed by atoms with Gasteiger partial charge in [-0.3, -0.25) is 9.35 Å². The van der Waals surface area contributed by atoms with Crippen LogP contribution in [0.1, 0.15) is 258 Å². The van der Waals surface area contributed by atoms with Gasteiger partial charge in [-0.15, -0.1) is 0 Å². The fourth-order valence-electron chi connectivity index (χ4n) is 7.58. The molecule has 318 valence electrons. The van der Waals surface area contributed by atoms with Crippen molar-refractivity contribution < 1.29 is 28.0 Å². The average molecular weight is 774 g/mol. The SMILES string of the molecule is CCCCCCCCCCCCCCCCCCCCCCCC(O)C(CS(=O)(=O)O)NC(=O)C(O)CCCCCCCCCCCCCCCCC. The Morgan fingerprint density at radius 3 is 0.943 bits per heavy atom. The maximum Gasteiger partial charge on any atom is 0.266 e. The molecule has 3 unspecified atom stereocenters. The molecule has 0 aromatic heterocycles. The largest absolute Gasteiger partial charge is 0.391 e. The Morgan fingerprint density at radius 2 is 0.679 bits per heavy atom. The molecule has 1 amide bonds. The van der Waals surface area contributed by atoms with Gasteiger partial charge in [0.15, 0.2) is 0 Å². The van der Waals surface area contributed by atoms with Gasteiger partial charge in [-0.05, 0) is 12.8 Å². The average Bonchev–Trinajstić information content (AvgIpc) is 3.12. The van der Waals surface area contributed by atoms with Gasteiger partial charge in [-0.1, -0.05) is 245 Å². The van der Waals surface area contributed by atoms with Crippen LogP contribution in [0.25, 0.3) is 0 Å². The number of carbonyl (C=O) groups is 1. The molecule has 8 heteroatoms. The zero-order chi connectivity index (χ0) is 39.1. The Bertz CT molecular complexity index is 869. The Labute approximate surface area is 330 Å². The molecule has 3 atom stereocenters. The Hall–Kier alpha value is -0.700. The zero-order valence-electron chi connectivity index (χ0n) is 35.3. The van der Waals surface area contributed by atoms with E-state index in [9.17, 15) is 28.0 Å². The predicted octanol–water partition coefficient (Wildman–Crippen LogP) is 12.9. The summed E-state index contributed by atoms with van der Waals surface area (Å²) in [5.74, 6) is -1.44. The van der Waals surface area contributed by atoms with Gasteiger partial charge in [-0.25, -0.2) is 0 Å². The lowest BCUT2D eigenvalue weighted by atomic mass is 10.0. The molecule has 0 radical (unpaired) electrons. The molecular weight excluding hydrogens is 683 g/mol. The van der Waals surface area contributed by atoms with Crippen molar-refractivity contribution in [3.05, 3.63) is 0 Å². The number of unbranched alkanes of at least 4 members (excludes halogenated alkanes) is 34. The first-order valence-corrected chi connectivity index (χ1v) is 24.9. The minimum absolute atomic E-state index is 0.304. The molecule has 0 aliphatic heterocycles. The molecule has 4 N–H and O–H groups in total. The first-order valence-electron chi connectivity index (χ1n) is 23.3. The highest BCUT2D eigenvalue weighted by Gasteiger charge is 2.28. The van der Waals surface area contributed by atoms with E-state index in [1.54, 1.807) is 0 Å². The van der Waals surface area contributed by atoms with Gasteiger partial charge in [0.25, 0.3) is 10.1 Å². The Morgan fingerprint density at radius 1 is 0.434 bits per heavy atom. The second-order valence-electron chi connectivity index (χ2n) is 16.5. The molecule has 0 aliphatic rings. The first kappa shape index (κ1) is 52.3. The maximum atomic E-state index is 12.6. The monoisotopic (exact) mass is 774 g/mol. The summed E-state index contributed by atoms with van der Waals surface area (Å²) in [6.45, 7) is 4.53. The standard InChI is InChI=1S/C45H91NO6S/c1-3-5-7-9-11-13-15-17-19-20-21-22-23-24-26-27-29-31-33-35-37-39-43(47)42(41-53(50,51)52)46-45(49)44(48)40-38-36-34-32-30-28-25-18-16-14-12-10-8-6-4-2/h42-44,47-48H,3-41H2,1-2H3,(H,46,49)(H,50,51,52). The summed E-state index contributed by atoms with van der Waals surface area (Å²) in [6.07, 6.45) is 44.1. The fraction of sp³-hybridized carbons (Fsp3) is 0.978. The highest BCUT2D eigenvalue weighted by molar-refractivity contribution is 7.85. The van der Waals surface area contributed by atoms with Crippen molar-refractivity contribution in [2.45, 2.75) is 276 Å². The summed E-state index contributed by atoms with van der Waals surface area (Å²) in [6, 6.07) is -1.14. The third-order valence-corrected chi connectivity index (χ3v) is 11.9. The molecule has 0 aliphatic carbocycles. The smallest absolute Gasteiger partial charge is 0.266 e. The third kappa shape index (κ3) is 39.3. The highest BCUT2D eigenvalue weighted by Crippen LogP contribution is 2.17. The summed E-state index contributed by atoms with van der Waals surface area (Å²) in [5, 5.41) is 23.6. The van der Waals surface area contributed by atoms with Gasteiger partial charge < -0.3 is 15.5 Å². The van der Waals surface area contributed by atoms with Crippen LogP contribution in [0.15, 0.2) is 0 Å². The number of aliphatic hydroxyl groups is 2. The number of carbonyl (C=O) groups excluding carboxylic acids is 1. The summed E-state index contributed by atoms with van der Waals surface area (Å²) >= 11 is 0. The van der Waals surface area contributed by atoms with Crippen LogP contribution in [0.2, 0.25) is 0 Å². The van der Waals surface area contributed by atoms with Crippen LogP contribution >= 0.6 is 0 Å². The number of hydrogen-bond acceptors (Lipinski definition) is 5. The molecule has 0 rings (SSSR count). The summed E-state index contributed by atoms with van der Waals surface area (Å²) in [5.41, 5.74) is 0. The van der Waals surface area contributed by atoms with E-state index in [-0.39, 0.29) is 0 Å². The van der Waals surface area contributed by atoms with Crippen LogP contribution in [0.5, 0.6) is 0 Å². The van der Waals surface area contributed by atoms with Crippen LogP contribution < -0.4 is 5.32 Å². The molecule has 0 saturated heterocycles. The number of hydrogen-bond donors (Lipinski definition) is 4. The van der Waals surface area contributed by atoms with E-state index in [4.69, 9.17) is 0 Å². The van der Waals surface area contributed by atoms with Crippen LogP contribution in [0, 0.1) is 0 Å². The normalized spacial score (nSPS) is 13.7. The van der Waals surface area contributed by atoms with Crippen molar-refractivity contribution in [3.63, 3.8) is 0 Å². The Balaban J connectivity index is 3.86. The number of nitrogens with one attached hydrogen (secondary N) is 1. The molecule has 7 nitrogen and oxygen atoms in total. The van der Waals surface area contributed by atoms with Gasteiger partial charge in [0, 0.05) is 0 Å². The maximum absolute atomic E-state index is 12.6. The fourth-order valence-corrected chi connectivity index (χ4v) is 8.34. The van der Waals surface area contributed by atoms with E-state index in [0.29, 0.717) is 12.8 Å². The predicted molar refractivity (Wildman–Crippen MR) is 227 cm³/mol. The lowest BCUT2D eigenvalue weighted by molar-refractivity contribution is -0.131. The molecular formula is C45H91NO6S. The van der Waals surface area contributed by atoms with Crippen LogP contribution in [0.3, 0.4) is 0 Å². The topological polar surface area (TPSA) is 124 Å². The van der Waals surface area contributed by atoms with Gasteiger partial charge >= 0.3 is 0 Å². The van der Waals surface area contributed by atoms with Crippen molar-refractivity contribution in [2.24, 2.45) is 0 Å².